The number of sulfonamides is 1. The molecule has 170 valence electrons. The third-order valence-electron chi connectivity index (χ3n) is 4.57. The van der Waals surface area contributed by atoms with E-state index < -0.39 is 14.9 Å². The number of nitro benzene ring substituents is 1. The van der Waals surface area contributed by atoms with Crippen molar-refractivity contribution in [1.29, 1.82) is 0 Å². The maximum absolute atomic E-state index is 12.4. The van der Waals surface area contributed by atoms with Crippen LogP contribution in [0.4, 0.5) is 5.69 Å². The topological polar surface area (TPSA) is 151 Å². The Morgan fingerprint density at radius 2 is 1.91 bits per heavy atom. The molecule has 0 radical (unpaired) electrons. The second-order valence-electron chi connectivity index (χ2n) is 6.67. The molecule has 4 aromatic rings. The first kappa shape index (κ1) is 22.1. The number of hydrogen-bond acceptors (Lipinski definition) is 9. The predicted molar refractivity (Wildman–Crippen MR) is 117 cm³/mol. The third-order valence-corrected chi connectivity index (χ3v) is 6.03. The number of rotatable bonds is 9. The van der Waals surface area contributed by atoms with Gasteiger partial charge in [-0.3, -0.25) is 10.1 Å². The van der Waals surface area contributed by atoms with E-state index in [1.54, 1.807) is 25.3 Å². The number of fused-ring (bicyclic) bond motifs is 1. The summed E-state index contributed by atoms with van der Waals surface area (Å²) < 4.78 is 39.6. The molecule has 0 spiro atoms. The highest BCUT2D eigenvalue weighted by Crippen LogP contribution is 2.28. The summed E-state index contributed by atoms with van der Waals surface area (Å²) in [6, 6.07) is 15.3. The van der Waals surface area contributed by atoms with Crippen LogP contribution in [0.15, 0.2) is 65.6 Å². The molecule has 0 saturated carbocycles. The zero-order chi connectivity index (χ0) is 23.4. The van der Waals surface area contributed by atoms with Crippen molar-refractivity contribution in [2.45, 2.75) is 4.90 Å². The van der Waals surface area contributed by atoms with Crippen LogP contribution in [-0.2, 0) is 10.0 Å². The molecule has 2 aromatic heterocycles. The molecule has 0 unspecified atom stereocenters. The molecule has 0 atom stereocenters. The van der Waals surface area contributed by atoms with Gasteiger partial charge < -0.3 is 9.47 Å². The van der Waals surface area contributed by atoms with Crippen LogP contribution in [0.1, 0.15) is 0 Å². The molecule has 2 aromatic carbocycles. The third kappa shape index (κ3) is 4.73. The number of non-ortho nitro benzene ring substituents is 1. The van der Waals surface area contributed by atoms with Crippen molar-refractivity contribution in [3.63, 3.8) is 0 Å². The fourth-order valence-electron chi connectivity index (χ4n) is 3.03. The number of para-hydroxylation sites is 1. The number of aromatic nitrogens is 4. The van der Waals surface area contributed by atoms with E-state index >= 15 is 0 Å². The largest absolute Gasteiger partial charge is 0.496 e. The second-order valence-corrected chi connectivity index (χ2v) is 8.43. The van der Waals surface area contributed by atoms with E-state index in [9.17, 15) is 18.5 Å². The summed E-state index contributed by atoms with van der Waals surface area (Å²) in [4.78, 5) is 10.0. The van der Waals surface area contributed by atoms with Gasteiger partial charge in [-0.2, -0.15) is 4.52 Å². The Labute approximate surface area is 188 Å². The Morgan fingerprint density at radius 3 is 2.70 bits per heavy atom. The average Bonchev–Trinajstić information content (AvgIpc) is 3.25. The molecule has 0 aliphatic carbocycles. The highest BCUT2D eigenvalue weighted by atomic mass is 32.2. The molecule has 0 amide bonds. The SMILES string of the molecule is COc1ccccc1-c1nnc2ccc(OCCNS(=O)(=O)c3cccc([N+](=O)[O-])c3)nn12. The van der Waals surface area contributed by atoms with E-state index in [2.05, 4.69) is 20.0 Å². The Bertz CT molecular complexity index is 1420. The van der Waals surface area contributed by atoms with Crippen molar-refractivity contribution >= 4 is 21.4 Å². The average molecular weight is 470 g/mol. The van der Waals surface area contributed by atoms with Gasteiger partial charge in [-0.05, 0) is 24.3 Å². The minimum Gasteiger partial charge on any atom is -0.496 e. The number of hydrogen-bond donors (Lipinski definition) is 1. The van der Waals surface area contributed by atoms with Gasteiger partial charge in [0.1, 0.15) is 12.4 Å². The summed E-state index contributed by atoms with van der Waals surface area (Å²) in [7, 11) is -2.39. The van der Waals surface area contributed by atoms with Crippen molar-refractivity contribution < 1.29 is 22.8 Å². The van der Waals surface area contributed by atoms with Crippen LogP contribution in [0.25, 0.3) is 17.0 Å². The molecule has 4 rings (SSSR count). The number of benzene rings is 2. The van der Waals surface area contributed by atoms with E-state index in [1.807, 2.05) is 18.2 Å². The van der Waals surface area contributed by atoms with Crippen LogP contribution < -0.4 is 14.2 Å². The molecule has 0 aliphatic heterocycles. The quantitative estimate of drug-likeness (QED) is 0.220. The fraction of sp³-hybridized carbons (Fsp3) is 0.150. The Balaban J connectivity index is 1.45. The lowest BCUT2D eigenvalue weighted by molar-refractivity contribution is -0.385. The minimum absolute atomic E-state index is 0.0290. The summed E-state index contributed by atoms with van der Waals surface area (Å²) >= 11 is 0. The van der Waals surface area contributed by atoms with E-state index in [1.165, 1.54) is 22.7 Å². The van der Waals surface area contributed by atoms with Gasteiger partial charge in [-0.25, -0.2) is 13.1 Å². The van der Waals surface area contributed by atoms with E-state index in [0.717, 1.165) is 6.07 Å². The normalized spacial score (nSPS) is 11.4. The number of ether oxygens (including phenoxy) is 2. The maximum atomic E-state index is 12.4. The summed E-state index contributed by atoms with van der Waals surface area (Å²) in [5, 5.41) is 23.5. The molecule has 0 bridgehead atoms. The van der Waals surface area contributed by atoms with Crippen molar-refractivity contribution in [1.82, 2.24) is 24.5 Å². The summed E-state index contributed by atoms with van der Waals surface area (Å²) in [6.07, 6.45) is 0. The lowest BCUT2D eigenvalue weighted by atomic mass is 10.2. The molecule has 0 saturated heterocycles. The Kier molecular flexibility index (Phi) is 6.15. The lowest BCUT2D eigenvalue weighted by Crippen LogP contribution is -2.28. The van der Waals surface area contributed by atoms with E-state index in [0.29, 0.717) is 22.8 Å². The molecule has 12 nitrogen and oxygen atoms in total. The number of methoxy groups -OCH3 is 1. The Morgan fingerprint density at radius 1 is 1.09 bits per heavy atom. The molecule has 13 heteroatoms. The van der Waals surface area contributed by atoms with Crippen molar-refractivity contribution in [2.24, 2.45) is 0 Å². The van der Waals surface area contributed by atoms with Crippen LogP contribution in [0.5, 0.6) is 11.6 Å². The van der Waals surface area contributed by atoms with Crippen LogP contribution in [0.2, 0.25) is 0 Å². The van der Waals surface area contributed by atoms with Crippen molar-refractivity contribution in [3.8, 4) is 23.0 Å². The number of nitrogens with zero attached hydrogens (tertiary/aromatic N) is 5. The van der Waals surface area contributed by atoms with Crippen LogP contribution in [-0.4, -0.2) is 53.4 Å². The highest BCUT2D eigenvalue weighted by Gasteiger charge is 2.18. The highest BCUT2D eigenvalue weighted by molar-refractivity contribution is 7.89. The Hall–Kier alpha value is -4.10. The minimum atomic E-state index is -3.94. The van der Waals surface area contributed by atoms with Gasteiger partial charge in [-0.1, -0.05) is 18.2 Å². The van der Waals surface area contributed by atoms with E-state index in [4.69, 9.17) is 9.47 Å². The second kappa shape index (κ2) is 9.18. The van der Waals surface area contributed by atoms with Crippen LogP contribution >= 0.6 is 0 Å². The zero-order valence-corrected chi connectivity index (χ0v) is 18.1. The standard InChI is InChI=1S/C20H18N6O6S/c1-31-17-8-3-2-7-16(17)20-23-22-18-9-10-19(24-25(18)20)32-12-11-21-33(29,30)15-6-4-5-14(13-15)26(27)28/h2-10,13,21H,11-12H2,1H3. The molecule has 33 heavy (non-hydrogen) atoms. The summed E-state index contributed by atoms with van der Waals surface area (Å²) in [5.74, 6) is 1.29. The first-order valence-electron chi connectivity index (χ1n) is 9.62. The first-order valence-corrected chi connectivity index (χ1v) is 11.1. The number of nitrogens with one attached hydrogen (secondary N) is 1. The van der Waals surface area contributed by atoms with Gasteiger partial charge in [0.05, 0.1) is 22.5 Å². The molecule has 2 heterocycles. The molecule has 1 N–H and O–H groups in total. The fourth-order valence-corrected chi connectivity index (χ4v) is 4.08. The van der Waals surface area contributed by atoms with Crippen LogP contribution in [0, 0.1) is 10.1 Å². The van der Waals surface area contributed by atoms with Gasteiger partial charge in [0, 0.05) is 24.7 Å². The zero-order valence-electron chi connectivity index (χ0n) is 17.3. The van der Waals surface area contributed by atoms with Crippen LogP contribution in [0.3, 0.4) is 0 Å². The predicted octanol–water partition coefficient (Wildman–Crippen LogP) is 2.07. The molecular formula is C20H18N6O6S. The maximum Gasteiger partial charge on any atom is 0.270 e. The van der Waals surface area contributed by atoms with Gasteiger partial charge in [0.2, 0.25) is 15.9 Å². The smallest absolute Gasteiger partial charge is 0.270 e. The van der Waals surface area contributed by atoms with Crippen molar-refractivity contribution in [3.05, 3.63) is 70.8 Å². The monoisotopic (exact) mass is 470 g/mol. The van der Waals surface area contributed by atoms with E-state index in [-0.39, 0.29) is 29.6 Å². The van der Waals surface area contributed by atoms with Gasteiger partial charge >= 0.3 is 0 Å². The number of nitro groups is 1. The molecule has 0 aliphatic rings. The molecule has 0 fully saturated rings. The summed E-state index contributed by atoms with van der Waals surface area (Å²) in [6.45, 7) is -0.106. The van der Waals surface area contributed by atoms with Gasteiger partial charge in [-0.15, -0.1) is 15.3 Å². The summed E-state index contributed by atoms with van der Waals surface area (Å²) in [5.41, 5.74) is 0.878. The first-order chi connectivity index (χ1) is 15.9. The molecular weight excluding hydrogens is 452 g/mol. The van der Waals surface area contributed by atoms with Gasteiger partial charge in [0.25, 0.3) is 5.69 Å². The van der Waals surface area contributed by atoms with Crippen molar-refractivity contribution in [2.75, 3.05) is 20.3 Å². The van der Waals surface area contributed by atoms with Gasteiger partial charge in [0.15, 0.2) is 11.5 Å². The lowest BCUT2D eigenvalue weighted by Gasteiger charge is -2.09.